The standard InChI is InChI=1S/C11H6F3NO/c12-11(13,14)10-6-8(2-1-5-16)3-4-9(10)7-15/h1-6H. The first-order valence-electron chi connectivity index (χ1n) is 4.22. The maximum Gasteiger partial charge on any atom is 0.417 e. The highest BCUT2D eigenvalue weighted by molar-refractivity contribution is 5.74. The van der Waals surface area contributed by atoms with Gasteiger partial charge in [-0.25, -0.2) is 0 Å². The van der Waals surface area contributed by atoms with E-state index in [2.05, 4.69) is 0 Å². The predicted octanol–water partition coefficient (Wildman–Crippen LogP) is 2.79. The summed E-state index contributed by atoms with van der Waals surface area (Å²) in [4.78, 5) is 10.0. The number of nitrogens with zero attached hydrogens (tertiary/aromatic N) is 1. The van der Waals surface area contributed by atoms with Gasteiger partial charge in [-0.15, -0.1) is 0 Å². The van der Waals surface area contributed by atoms with Gasteiger partial charge < -0.3 is 0 Å². The van der Waals surface area contributed by atoms with Crippen LogP contribution in [0.15, 0.2) is 24.3 Å². The Bertz CT molecular complexity index is 469. The lowest BCUT2D eigenvalue weighted by molar-refractivity contribution is -0.137. The quantitative estimate of drug-likeness (QED) is 0.573. The van der Waals surface area contributed by atoms with E-state index in [1.165, 1.54) is 18.2 Å². The first-order valence-corrected chi connectivity index (χ1v) is 4.22. The molecule has 0 fully saturated rings. The number of allylic oxidation sites excluding steroid dienone is 1. The highest BCUT2D eigenvalue weighted by Crippen LogP contribution is 2.32. The van der Waals surface area contributed by atoms with E-state index in [1.807, 2.05) is 0 Å². The number of carbonyl (C=O) groups is 1. The summed E-state index contributed by atoms with van der Waals surface area (Å²) in [6.45, 7) is 0. The molecule has 0 bridgehead atoms. The Labute approximate surface area is 89.6 Å². The molecule has 0 saturated carbocycles. The number of benzene rings is 1. The first-order chi connectivity index (χ1) is 7.49. The minimum Gasteiger partial charge on any atom is -0.299 e. The first kappa shape index (κ1) is 12.0. The van der Waals surface area contributed by atoms with Crippen LogP contribution >= 0.6 is 0 Å². The molecule has 0 spiro atoms. The average Bonchev–Trinajstić information content (AvgIpc) is 2.24. The Balaban J connectivity index is 3.28. The van der Waals surface area contributed by atoms with Gasteiger partial charge in [-0.2, -0.15) is 18.4 Å². The van der Waals surface area contributed by atoms with Crippen LogP contribution in [0.3, 0.4) is 0 Å². The molecule has 16 heavy (non-hydrogen) atoms. The highest BCUT2D eigenvalue weighted by Gasteiger charge is 2.33. The van der Waals surface area contributed by atoms with Crippen LogP contribution in [-0.2, 0) is 11.0 Å². The number of hydrogen-bond acceptors (Lipinski definition) is 2. The number of aldehydes is 1. The molecule has 2 nitrogen and oxygen atoms in total. The molecular weight excluding hydrogens is 219 g/mol. The Hall–Kier alpha value is -2.09. The van der Waals surface area contributed by atoms with E-state index in [4.69, 9.17) is 5.26 Å². The second kappa shape index (κ2) is 4.62. The third-order valence-electron chi connectivity index (χ3n) is 1.84. The van der Waals surface area contributed by atoms with Crippen LogP contribution in [0.25, 0.3) is 6.08 Å². The maximum absolute atomic E-state index is 12.5. The summed E-state index contributed by atoms with van der Waals surface area (Å²) in [6, 6.07) is 4.72. The van der Waals surface area contributed by atoms with Gasteiger partial charge in [0.25, 0.3) is 0 Å². The summed E-state index contributed by atoms with van der Waals surface area (Å²) in [5.74, 6) is 0. The molecule has 5 heteroatoms. The molecule has 0 N–H and O–H groups in total. The monoisotopic (exact) mass is 225 g/mol. The molecule has 1 rings (SSSR count). The normalized spacial score (nSPS) is 11.4. The summed E-state index contributed by atoms with van der Waals surface area (Å²) < 4.78 is 37.5. The summed E-state index contributed by atoms with van der Waals surface area (Å²) >= 11 is 0. The van der Waals surface area contributed by atoms with Crippen LogP contribution < -0.4 is 0 Å². The molecule has 0 atom stereocenters. The maximum atomic E-state index is 12.5. The van der Waals surface area contributed by atoms with Gasteiger partial charge in [0.15, 0.2) is 0 Å². The molecule has 0 amide bonds. The van der Waals surface area contributed by atoms with Crippen molar-refractivity contribution in [3.05, 3.63) is 41.0 Å². The van der Waals surface area contributed by atoms with E-state index in [1.54, 1.807) is 0 Å². The molecule has 0 aliphatic rings. The van der Waals surface area contributed by atoms with E-state index >= 15 is 0 Å². The number of nitriles is 1. The lowest BCUT2D eigenvalue weighted by Gasteiger charge is -2.09. The summed E-state index contributed by atoms with van der Waals surface area (Å²) in [5, 5.41) is 8.52. The van der Waals surface area contributed by atoms with Crippen LogP contribution in [-0.4, -0.2) is 6.29 Å². The molecule has 0 aliphatic heterocycles. The third kappa shape index (κ3) is 2.70. The zero-order valence-corrected chi connectivity index (χ0v) is 7.95. The van der Waals surface area contributed by atoms with Crippen LogP contribution in [0.5, 0.6) is 0 Å². The summed E-state index contributed by atoms with van der Waals surface area (Å²) in [7, 11) is 0. The molecule has 82 valence electrons. The largest absolute Gasteiger partial charge is 0.417 e. The number of hydrogen-bond donors (Lipinski definition) is 0. The van der Waals surface area contributed by atoms with Gasteiger partial charge >= 0.3 is 6.18 Å². The van der Waals surface area contributed by atoms with Crippen molar-refractivity contribution in [2.24, 2.45) is 0 Å². The number of halogens is 3. The van der Waals surface area contributed by atoms with Crippen molar-refractivity contribution in [3.63, 3.8) is 0 Å². The second-order valence-electron chi connectivity index (χ2n) is 2.91. The van der Waals surface area contributed by atoms with E-state index in [-0.39, 0.29) is 5.56 Å². The zero-order chi connectivity index (χ0) is 12.2. The third-order valence-corrected chi connectivity index (χ3v) is 1.84. The van der Waals surface area contributed by atoms with Gasteiger partial charge in [0.05, 0.1) is 17.2 Å². The van der Waals surface area contributed by atoms with Crippen LogP contribution in [0.4, 0.5) is 13.2 Å². The minimum absolute atomic E-state index is 0.221. The molecule has 1 aromatic carbocycles. The summed E-state index contributed by atoms with van der Waals surface area (Å²) in [5.41, 5.74) is -1.21. The molecule has 0 aromatic heterocycles. The van der Waals surface area contributed by atoms with Gasteiger partial charge in [0, 0.05) is 0 Å². The number of rotatable bonds is 2. The second-order valence-corrected chi connectivity index (χ2v) is 2.91. The minimum atomic E-state index is -4.57. The molecule has 0 unspecified atom stereocenters. The van der Waals surface area contributed by atoms with Crippen molar-refractivity contribution in [1.29, 1.82) is 5.26 Å². The average molecular weight is 225 g/mol. The molecule has 0 aliphatic carbocycles. The van der Waals surface area contributed by atoms with Crippen LogP contribution in [0.1, 0.15) is 16.7 Å². The van der Waals surface area contributed by atoms with Gasteiger partial charge in [-0.3, -0.25) is 4.79 Å². The Kier molecular flexibility index (Phi) is 3.46. The van der Waals surface area contributed by atoms with Crippen LogP contribution in [0, 0.1) is 11.3 Å². The van der Waals surface area contributed by atoms with Gasteiger partial charge in [-0.05, 0) is 23.8 Å². The van der Waals surface area contributed by atoms with Crippen molar-refractivity contribution in [1.82, 2.24) is 0 Å². The highest BCUT2D eigenvalue weighted by atomic mass is 19.4. The lowest BCUT2D eigenvalue weighted by Crippen LogP contribution is -2.07. The van der Waals surface area contributed by atoms with Crippen molar-refractivity contribution < 1.29 is 18.0 Å². The number of alkyl halides is 3. The topological polar surface area (TPSA) is 40.9 Å². The van der Waals surface area contributed by atoms with E-state index < -0.39 is 17.3 Å². The van der Waals surface area contributed by atoms with Gasteiger partial charge in [0.2, 0.25) is 0 Å². The van der Waals surface area contributed by atoms with Gasteiger partial charge in [0.1, 0.15) is 6.29 Å². The van der Waals surface area contributed by atoms with Crippen LogP contribution in [0.2, 0.25) is 0 Å². The van der Waals surface area contributed by atoms with Crippen molar-refractivity contribution >= 4 is 12.4 Å². The van der Waals surface area contributed by atoms with Crippen molar-refractivity contribution in [2.75, 3.05) is 0 Å². The van der Waals surface area contributed by atoms with Crippen molar-refractivity contribution in [3.8, 4) is 6.07 Å². The zero-order valence-electron chi connectivity index (χ0n) is 7.95. The van der Waals surface area contributed by atoms with E-state index in [0.717, 1.165) is 18.2 Å². The number of carbonyl (C=O) groups excluding carboxylic acids is 1. The van der Waals surface area contributed by atoms with Crippen molar-refractivity contribution in [2.45, 2.75) is 6.18 Å². The summed E-state index contributed by atoms with van der Waals surface area (Å²) in [6.07, 6.45) is -1.79. The fraction of sp³-hybridized carbons (Fsp3) is 0.0909. The Morgan fingerprint density at radius 3 is 2.50 bits per heavy atom. The molecular formula is C11H6F3NO. The van der Waals surface area contributed by atoms with E-state index in [9.17, 15) is 18.0 Å². The molecule has 1 aromatic rings. The van der Waals surface area contributed by atoms with Gasteiger partial charge in [-0.1, -0.05) is 12.1 Å². The molecule has 0 saturated heterocycles. The Morgan fingerprint density at radius 2 is 2.00 bits per heavy atom. The predicted molar refractivity (Wildman–Crippen MR) is 51.3 cm³/mol. The molecule has 0 radical (unpaired) electrons. The fourth-order valence-electron chi connectivity index (χ4n) is 1.15. The lowest BCUT2D eigenvalue weighted by atomic mass is 10.0. The Morgan fingerprint density at radius 1 is 1.31 bits per heavy atom. The molecule has 0 heterocycles. The smallest absolute Gasteiger partial charge is 0.299 e. The SMILES string of the molecule is N#Cc1ccc(C=CC=O)cc1C(F)(F)F. The fourth-order valence-corrected chi connectivity index (χ4v) is 1.15. The van der Waals surface area contributed by atoms with E-state index in [0.29, 0.717) is 6.29 Å².